The molecule has 2 aromatic carbocycles. The molecule has 5 rings (SSSR count). The van der Waals surface area contributed by atoms with Crippen molar-refractivity contribution < 1.29 is 14.6 Å². The molecule has 2 unspecified atom stereocenters. The molecule has 2 aliphatic rings. The maximum absolute atomic E-state index is 9.76. The van der Waals surface area contributed by atoms with Gasteiger partial charge >= 0.3 is 0 Å². The van der Waals surface area contributed by atoms with Crippen LogP contribution in [0.1, 0.15) is 19.8 Å². The maximum Gasteiger partial charge on any atom is 0.223 e. The summed E-state index contributed by atoms with van der Waals surface area (Å²) in [6, 6.07) is 7.79. The van der Waals surface area contributed by atoms with Gasteiger partial charge in [-0.05, 0) is 54.2 Å². The zero-order valence-corrected chi connectivity index (χ0v) is 20.3. The number of aliphatic hydroxyl groups is 1. The van der Waals surface area contributed by atoms with Gasteiger partial charge in [-0.1, -0.05) is 36.2 Å². The number of hydrogen-bond donors (Lipinski definition) is 2. The first-order valence-corrected chi connectivity index (χ1v) is 11.9. The van der Waals surface area contributed by atoms with Gasteiger partial charge in [0.2, 0.25) is 5.95 Å². The van der Waals surface area contributed by atoms with Crippen molar-refractivity contribution in [2.45, 2.75) is 25.8 Å². The lowest BCUT2D eigenvalue weighted by Gasteiger charge is -2.28. The van der Waals surface area contributed by atoms with Crippen molar-refractivity contribution >= 4 is 40.1 Å². The van der Waals surface area contributed by atoms with Gasteiger partial charge in [0.05, 0.1) is 29.8 Å². The molecule has 2 saturated carbocycles. The molecular formula is C25H27Cl2N3O3. The second-order valence-corrected chi connectivity index (χ2v) is 9.86. The molecule has 0 spiro atoms. The summed E-state index contributed by atoms with van der Waals surface area (Å²) in [6.45, 7) is 2.55. The number of rotatable bonds is 6. The fourth-order valence-corrected chi connectivity index (χ4v) is 6.29. The lowest BCUT2D eigenvalue weighted by Crippen LogP contribution is -2.31. The number of hydrogen-bond acceptors (Lipinski definition) is 6. The van der Waals surface area contributed by atoms with E-state index in [1.54, 1.807) is 20.3 Å². The minimum absolute atomic E-state index is 0.255. The molecule has 0 aliphatic heterocycles. The van der Waals surface area contributed by atoms with Crippen LogP contribution in [0.2, 0.25) is 10.0 Å². The number of nitrogens with one attached hydrogen (secondary N) is 1. The minimum atomic E-state index is 0.255. The van der Waals surface area contributed by atoms with Crippen LogP contribution in [0.5, 0.6) is 11.5 Å². The van der Waals surface area contributed by atoms with Crippen LogP contribution in [-0.4, -0.2) is 41.9 Å². The summed E-state index contributed by atoms with van der Waals surface area (Å²) < 4.78 is 10.8. The predicted octanol–water partition coefficient (Wildman–Crippen LogP) is 5.69. The highest BCUT2D eigenvalue weighted by Crippen LogP contribution is 2.58. The molecule has 174 valence electrons. The summed E-state index contributed by atoms with van der Waals surface area (Å²) in [4.78, 5) is 9.28. The molecule has 2 N–H and O–H groups in total. The molecule has 5 atom stereocenters. The highest BCUT2D eigenvalue weighted by molar-refractivity contribution is 6.41. The Bertz CT molecular complexity index is 1180. The Labute approximate surface area is 203 Å². The van der Waals surface area contributed by atoms with Crippen LogP contribution in [-0.2, 0) is 0 Å². The molecule has 0 amide bonds. The third-order valence-electron chi connectivity index (χ3n) is 7.33. The van der Waals surface area contributed by atoms with Gasteiger partial charge in [-0.2, -0.15) is 0 Å². The van der Waals surface area contributed by atoms with Crippen molar-refractivity contribution in [3.05, 3.63) is 40.5 Å². The molecule has 8 heteroatoms. The van der Waals surface area contributed by atoms with Gasteiger partial charge in [-0.25, -0.2) is 9.97 Å². The van der Waals surface area contributed by atoms with Crippen LogP contribution >= 0.6 is 23.2 Å². The number of ether oxygens (including phenoxy) is 2. The summed E-state index contributed by atoms with van der Waals surface area (Å²) in [7, 11) is 3.11. The SMILES string of the molecule is COc1cc(OC)c(Cl)c(-c2ccc3nc(N[C@@H]4CC5C([C@H](CO)C4)[C@@H]5C)ncc3c2)c1Cl. The lowest BCUT2D eigenvalue weighted by atomic mass is 9.86. The Morgan fingerprint density at radius 2 is 1.82 bits per heavy atom. The summed E-state index contributed by atoms with van der Waals surface area (Å²) in [6.07, 6.45) is 3.87. The zero-order valence-electron chi connectivity index (χ0n) is 18.8. The monoisotopic (exact) mass is 487 g/mol. The molecule has 0 bridgehead atoms. The number of aromatic nitrogens is 2. The number of aliphatic hydroxyl groups excluding tert-OH is 1. The maximum atomic E-state index is 9.76. The highest BCUT2D eigenvalue weighted by atomic mass is 35.5. The van der Waals surface area contributed by atoms with Gasteiger partial charge in [0, 0.05) is 35.9 Å². The topological polar surface area (TPSA) is 76.5 Å². The molecule has 6 nitrogen and oxygen atoms in total. The zero-order chi connectivity index (χ0) is 23.3. The Morgan fingerprint density at radius 3 is 2.48 bits per heavy atom. The van der Waals surface area contributed by atoms with E-state index in [0.717, 1.165) is 29.3 Å². The highest BCUT2D eigenvalue weighted by Gasteiger charge is 2.54. The third kappa shape index (κ3) is 3.98. The van der Waals surface area contributed by atoms with E-state index in [4.69, 9.17) is 37.7 Å². The van der Waals surface area contributed by atoms with Gasteiger partial charge in [0.1, 0.15) is 11.5 Å². The molecule has 33 heavy (non-hydrogen) atoms. The Balaban J connectivity index is 1.43. The summed E-state index contributed by atoms with van der Waals surface area (Å²) in [5, 5.41) is 15.0. The first-order valence-electron chi connectivity index (χ1n) is 11.2. The first-order chi connectivity index (χ1) is 15.9. The van der Waals surface area contributed by atoms with E-state index in [0.29, 0.717) is 56.7 Å². The van der Waals surface area contributed by atoms with E-state index in [-0.39, 0.29) is 12.6 Å². The standard InChI is InChI=1S/C25H27Cl2N3O3/c1-12-17-8-16(7-15(11-31)21(12)17)29-25-28-10-14-6-13(4-5-18(14)30-25)22-23(26)19(32-2)9-20(33-3)24(22)27/h4-6,9-10,12,15-17,21,31H,7-8,11H2,1-3H3,(H,28,29,30)/t12-,15+,16+,17?,21?/m1/s1. The average Bonchev–Trinajstić information content (AvgIpc) is 3.48. The smallest absolute Gasteiger partial charge is 0.223 e. The molecule has 2 aliphatic carbocycles. The number of halogens is 2. The van der Waals surface area contributed by atoms with Crippen LogP contribution in [0.15, 0.2) is 30.5 Å². The lowest BCUT2D eigenvalue weighted by molar-refractivity contribution is 0.171. The van der Waals surface area contributed by atoms with Gasteiger partial charge in [0.15, 0.2) is 0 Å². The van der Waals surface area contributed by atoms with E-state index < -0.39 is 0 Å². The van der Waals surface area contributed by atoms with Crippen LogP contribution in [0.25, 0.3) is 22.0 Å². The molecule has 0 saturated heterocycles. The van der Waals surface area contributed by atoms with E-state index in [2.05, 4.69) is 17.2 Å². The number of methoxy groups -OCH3 is 2. The first kappa shape index (κ1) is 22.5. The quantitative estimate of drug-likeness (QED) is 0.465. The van der Waals surface area contributed by atoms with E-state index in [1.807, 2.05) is 24.4 Å². The molecular weight excluding hydrogens is 461 g/mol. The largest absolute Gasteiger partial charge is 0.495 e. The van der Waals surface area contributed by atoms with Gasteiger partial charge < -0.3 is 19.9 Å². The number of anilines is 1. The average molecular weight is 488 g/mol. The number of nitrogens with zero attached hydrogens (tertiary/aromatic N) is 2. The van der Waals surface area contributed by atoms with E-state index in [9.17, 15) is 5.11 Å². The number of benzene rings is 2. The van der Waals surface area contributed by atoms with Gasteiger partial charge in [0.25, 0.3) is 0 Å². The second kappa shape index (κ2) is 8.82. The Morgan fingerprint density at radius 1 is 1.09 bits per heavy atom. The fourth-order valence-electron chi connectivity index (χ4n) is 5.57. The minimum Gasteiger partial charge on any atom is -0.495 e. The van der Waals surface area contributed by atoms with E-state index in [1.165, 1.54) is 0 Å². The third-order valence-corrected chi connectivity index (χ3v) is 8.08. The summed E-state index contributed by atoms with van der Waals surface area (Å²) in [5.41, 5.74) is 2.29. The van der Waals surface area contributed by atoms with Crippen molar-refractivity contribution in [2.75, 3.05) is 26.1 Å². The summed E-state index contributed by atoms with van der Waals surface area (Å²) in [5.74, 6) is 4.05. The predicted molar refractivity (Wildman–Crippen MR) is 131 cm³/mol. The van der Waals surface area contributed by atoms with Crippen molar-refractivity contribution in [3.63, 3.8) is 0 Å². The van der Waals surface area contributed by atoms with Gasteiger partial charge in [-0.3, -0.25) is 0 Å². The van der Waals surface area contributed by atoms with Crippen LogP contribution in [0.4, 0.5) is 5.95 Å². The second-order valence-electron chi connectivity index (χ2n) is 9.11. The molecule has 3 aromatic rings. The van der Waals surface area contributed by atoms with Crippen molar-refractivity contribution in [3.8, 4) is 22.6 Å². The van der Waals surface area contributed by atoms with Gasteiger partial charge in [-0.15, -0.1) is 0 Å². The normalized spacial score (nSPS) is 26.1. The Hall–Kier alpha value is -2.28. The Kier molecular flexibility index (Phi) is 6.02. The number of fused-ring (bicyclic) bond motifs is 2. The van der Waals surface area contributed by atoms with Crippen molar-refractivity contribution in [1.82, 2.24) is 9.97 Å². The molecule has 2 fully saturated rings. The van der Waals surface area contributed by atoms with Crippen LogP contribution in [0, 0.1) is 23.7 Å². The molecule has 1 heterocycles. The van der Waals surface area contributed by atoms with Crippen molar-refractivity contribution in [1.29, 1.82) is 0 Å². The fraction of sp³-hybridized carbons (Fsp3) is 0.440. The van der Waals surface area contributed by atoms with Crippen LogP contribution in [0.3, 0.4) is 0 Å². The van der Waals surface area contributed by atoms with Crippen molar-refractivity contribution in [2.24, 2.45) is 23.7 Å². The molecule has 1 aromatic heterocycles. The van der Waals surface area contributed by atoms with Crippen LogP contribution < -0.4 is 14.8 Å². The molecule has 0 radical (unpaired) electrons. The summed E-state index contributed by atoms with van der Waals surface area (Å²) >= 11 is 13.2. The van der Waals surface area contributed by atoms with E-state index >= 15 is 0 Å².